The summed E-state index contributed by atoms with van der Waals surface area (Å²) in [6, 6.07) is 0.661. The topological polar surface area (TPSA) is 12.5 Å². The van der Waals surface area contributed by atoms with E-state index in [1.165, 1.54) is 12.8 Å². The van der Waals surface area contributed by atoms with E-state index in [-0.39, 0.29) is 10.9 Å². The highest BCUT2D eigenvalue weighted by Gasteiger charge is 2.43. The summed E-state index contributed by atoms with van der Waals surface area (Å²) < 4.78 is 5.39. The van der Waals surface area contributed by atoms with E-state index in [2.05, 4.69) is 32.7 Å². The molecule has 3 atom stereocenters. The number of likely N-dealkylation sites (N-methyl/N-ethyl adjacent to an activating group) is 1. The second-order valence-corrected chi connectivity index (χ2v) is 6.90. The number of ether oxygens (including phenoxy) is 1. The Kier molecular flexibility index (Phi) is 3.62. The van der Waals surface area contributed by atoms with E-state index in [0.29, 0.717) is 12.0 Å². The monoisotopic (exact) mass is 235 g/mol. The minimum Gasteiger partial charge on any atom is -0.377 e. The maximum absolute atomic E-state index is 6.34. The van der Waals surface area contributed by atoms with Crippen LogP contribution in [-0.4, -0.2) is 44.6 Å². The molecule has 1 heterocycles. The van der Waals surface area contributed by atoms with Gasteiger partial charge in [0, 0.05) is 6.04 Å². The zero-order valence-corrected chi connectivity index (χ0v) is 11.8. The van der Waals surface area contributed by atoms with E-state index in [4.69, 9.17) is 12.6 Å². The Morgan fingerprint density at radius 1 is 1.29 bits per heavy atom. The van der Waals surface area contributed by atoms with Crippen molar-refractivity contribution in [3.05, 3.63) is 0 Å². The van der Waals surface area contributed by atoms with Gasteiger partial charge in [0.2, 0.25) is 0 Å². The summed E-state index contributed by atoms with van der Waals surface area (Å²) in [5, 5.41) is 0.0338. The third-order valence-corrected chi connectivity index (χ3v) is 4.87. The maximum Gasteiger partial charge on any atom is 0.0742 e. The van der Waals surface area contributed by atoms with Crippen LogP contribution in [0.3, 0.4) is 0 Å². The third-order valence-electron chi connectivity index (χ3n) is 4.87. The summed E-state index contributed by atoms with van der Waals surface area (Å²) in [6.07, 6.45) is 4.83. The Labute approximate surface area is 107 Å². The molecule has 0 aromatic rings. The molecule has 2 radical (unpaired) electrons. The van der Waals surface area contributed by atoms with Crippen molar-refractivity contribution in [1.29, 1.82) is 0 Å². The predicted octanol–water partition coefficient (Wildman–Crippen LogP) is 2.63. The first kappa shape index (κ1) is 13.4. The highest BCUT2D eigenvalue weighted by Crippen LogP contribution is 2.43. The van der Waals surface area contributed by atoms with Crippen molar-refractivity contribution in [2.24, 2.45) is 5.92 Å². The molecular weight excluding hydrogens is 209 g/mol. The molecule has 2 aliphatic rings. The molecule has 0 aromatic carbocycles. The number of nitrogens with zero attached hydrogens (tertiary/aromatic N) is 1. The van der Waals surface area contributed by atoms with Crippen molar-refractivity contribution < 1.29 is 4.74 Å². The van der Waals surface area contributed by atoms with Crippen LogP contribution >= 0.6 is 0 Å². The van der Waals surface area contributed by atoms with Gasteiger partial charge in [-0.05, 0) is 26.3 Å². The first-order valence-electron chi connectivity index (χ1n) is 6.94. The molecular formula is C14H26BNO. The van der Waals surface area contributed by atoms with Gasteiger partial charge in [-0.3, -0.25) is 4.90 Å². The van der Waals surface area contributed by atoms with Crippen molar-refractivity contribution in [2.45, 2.75) is 63.3 Å². The van der Waals surface area contributed by atoms with Gasteiger partial charge in [-0.2, -0.15) is 0 Å². The van der Waals surface area contributed by atoms with Crippen LogP contribution in [0, 0.1) is 5.92 Å². The fraction of sp³-hybridized carbons (Fsp3) is 1.00. The molecule has 3 unspecified atom stereocenters. The molecule has 3 heteroatoms. The summed E-state index contributed by atoms with van der Waals surface area (Å²) in [6.45, 7) is 8.65. The van der Waals surface area contributed by atoms with Gasteiger partial charge in [0.15, 0.2) is 0 Å². The molecule has 1 saturated carbocycles. The zero-order valence-electron chi connectivity index (χ0n) is 11.8. The smallest absolute Gasteiger partial charge is 0.0742 e. The van der Waals surface area contributed by atoms with Crippen molar-refractivity contribution >= 4 is 7.85 Å². The van der Waals surface area contributed by atoms with Crippen LogP contribution in [0.4, 0.5) is 0 Å². The van der Waals surface area contributed by atoms with Crippen molar-refractivity contribution in [3.8, 4) is 0 Å². The maximum atomic E-state index is 6.34. The molecule has 0 amide bonds. The second kappa shape index (κ2) is 4.58. The third kappa shape index (κ3) is 2.71. The lowest BCUT2D eigenvalue weighted by Crippen LogP contribution is -2.62. The standard InChI is InChI=1S/C14H26BNO/c1-11-8-13(2,15)7-5-6-12(11)16(4)14(3)9-17-10-14/h11-12H,5-10H2,1-4H3. The van der Waals surface area contributed by atoms with E-state index >= 15 is 0 Å². The van der Waals surface area contributed by atoms with Crippen molar-refractivity contribution in [1.82, 2.24) is 4.90 Å². The van der Waals surface area contributed by atoms with E-state index < -0.39 is 0 Å². The summed E-state index contributed by atoms with van der Waals surface area (Å²) in [5.74, 6) is 0.676. The predicted molar refractivity (Wildman–Crippen MR) is 72.5 cm³/mol. The molecule has 2 rings (SSSR count). The fourth-order valence-corrected chi connectivity index (χ4v) is 3.55. The van der Waals surface area contributed by atoms with Crippen LogP contribution in [0.2, 0.25) is 5.31 Å². The van der Waals surface area contributed by atoms with Crippen LogP contribution in [0.25, 0.3) is 0 Å². The summed E-state index contributed by atoms with van der Waals surface area (Å²) in [5.41, 5.74) is 0.258. The molecule has 1 aliphatic heterocycles. The lowest BCUT2D eigenvalue weighted by atomic mass is 9.64. The van der Waals surface area contributed by atoms with Crippen molar-refractivity contribution in [3.63, 3.8) is 0 Å². The summed E-state index contributed by atoms with van der Waals surface area (Å²) in [4.78, 5) is 2.56. The molecule has 1 saturated heterocycles. The number of hydrogen-bond donors (Lipinski definition) is 0. The zero-order chi connectivity index (χ0) is 12.7. The Morgan fingerprint density at radius 2 is 1.94 bits per heavy atom. The Hall–Kier alpha value is -0.0151. The average molecular weight is 235 g/mol. The Balaban J connectivity index is 2.04. The first-order valence-corrected chi connectivity index (χ1v) is 6.94. The molecule has 17 heavy (non-hydrogen) atoms. The molecule has 2 fully saturated rings. The van der Waals surface area contributed by atoms with Crippen LogP contribution in [-0.2, 0) is 4.74 Å². The molecule has 0 spiro atoms. The number of rotatable bonds is 2. The van der Waals surface area contributed by atoms with Gasteiger partial charge >= 0.3 is 0 Å². The molecule has 0 N–H and O–H groups in total. The summed E-state index contributed by atoms with van der Waals surface area (Å²) in [7, 11) is 8.61. The minimum atomic E-state index is 0.0338. The molecule has 2 nitrogen and oxygen atoms in total. The fourth-order valence-electron chi connectivity index (χ4n) is 3.55. The SMILES string of the molecule is [B]C1(C)CCCC(N(C)C2(C)COC2)C(C)C1. The largest absolute Gasteiger partial charge is 0.377 e. The van der Waals surface area contributed by atoms with Gasteiger partial charge in [0.1, 0.15) is 0 Å². The van der Waals surface area contributed by atoms with E-state index in [9.17, 15) is 0 Å². The lowest BCUT2D eigenvalue weighted by molar-refractivity contribution is -0.140. The lowest BCUT2D eigenvalue weighted by Gasteiger charge is -2.50. The molecule has 0 bridgehead atoms. The highest BCUT2D eigenvalue weighted by atomic mass is 16.5. The van der Waals surface area contributed by atoms with Gasteiger partial charge in [0.25, 0.3) is 0 Å². The van der Waals surface area contributed by atoms with E-state index in [0.717, 1.165) is 26.1 Å². The Morgan fingerprint density at radius 3 is 2.47 bits per heavy atom. The minimum absolute atomic E-state index is 0.0338. The quantitative estimate of drug-likeness (QED) is 0.539. The Bertz CT molecular complexity index is 275. The van der Waals surface area contributed by atoms with E-state index in [1.54, 1.807) is 0 Å². The van der Waals surface area contributed by atoms with Crippen LogP contribution in [0.15, 0.2) is 0 Å². The summed E-state index contributed by atoms with van der Waals surface area (Å²) >= 11 is 0. The van der Waals surface area contributed by atoms with Gasteiger partial charge in [-0.25, -0.2) is 0 Å². The molecule has 0 aromatic heterocycles. The van der Waals surface area contributed by atoms with Gasteiger partial charge < -0.3 is 4.74 Å². The van der Waals surface area contributed by atoms with Crippen LogP contribution < -0.4 is 0 Å². The second-order valence-electron chi connectivity index (χ2n) is 6.90. The van der Waals surface area contributed by atoms with Gasteiger partial charge in [-0.1, -0.05) is 38.4 Å². The first-order chi connectivity index (χ1) is 7.84. The van der Waals surface area contributed by atoms with Gasteiger partial charge in [-0.15, -0.1) is 0 Å². The molecule has 96 valence electrons. The molecule has 1 aliphatic carbocycles. The van der Waals surface area contributed by atoms with Crippen LogP contribution in [0.5, 0.6) is 0 Å². The normalized spacial score (nSPS) is 41.9. The average Bonchev–Trinajstić information content (AvgIpc) is 2.31. The van der Waals surface area contributed by atoms with E-state index in [1.807, 2.05) is 0 Å². The van der Waals surface area contributed by atoms with Crippen molar-refractivity contribution in [2.75, 3.05) is 20.3 Å². The van der Waals surface area contributed by atoms with Crippen LogP contribution in [0.1, 0.15) is 46.5 Å². The van der Waals surface area contributed by atoms with Gasteiger partial charge in [0.05, 0.1) is 26.6 Å². The number of hydrogen-bond acceptors (Lipinski definition) is 2. The highest BCUT2D eigenvalue weighted by molar-refractivity contribution is 6.14.